The van der Waals surface area contributed by atoms with Gasteiger partial charge < -0.3 is 14.8 Å². The van der Waals surface area contributed by atoms with Crippen LogP contribution < -0.4 is 10.2 Å². The molecule has 1 saturated heterocycles. The molecule has 1 aliphatic carbocycles. The monoisotopic (exact) mass is 453 g/mol. The molecule has 5 nitrogen and oxygen atoms in total. The summed E-state index contributed by atoms with van der Waals surface area (Å²) < 4.78 is 2.24. The number of anilines is 2. The zero-order chi connectivity index (χ0) is 23.1. The first-order valence-corrected chi connectivity index (χ1v) is 13.0. The maximum atomic E-state index is 7.40. The van der Waals surface area contributed by atoms with Crippen LogP contribution in [0, 0.1) is 6.57 Å². The molecule has 1 saturated carbocycles. The van der Waals surface area contributed by atoms with Crippen LogP contribution in [0.5, 0.6) is 0 Å². The highest BCUT2D eigenvalue weighted by Gasteiger charge is 2.30. The molecule has 6 rings (SSSR count). The van der Waals surface area contributed by atoms with Crippen molar-refractivity contribution in [3.63, 3.8) is 0 Å². The third-order valence-electron chi connectivity index (χ3n) is 8.49. The topological polar surface area (TPSA) is 27.8 Å². The number of aryl methyl sites for hydroxylation is 2. The molecular weight excluding hydrogens is 418 g/mol. The fourth-order valence-corrected chi connectivity index (χ4v) is 6.64. The maximum Gasteiger partial charge on any atom is 0.187 e. The number of nitrogens with one attached hydrogen (secondary N) is 1. The van der Waals surface area contributed by atoms with E-state index in [2.05, 4.69) is 68.1 Å². The van der Waals surface area contributed by atoms with Crippen LogP contribution in [0.4, 0.5) is 17.1 Å². The molecule has 176 valence electrons. The largest absolute Gasteiger partial charge is 0.383 e. The van der Waals surface area contributed by atoms with Gasteiger partial charge in [-0.1, -0.05) is 18.2 Å². The first kappa shape index (κ1) is 21.6. The summed E-state index contributed by atoms with van der Waals surface area (Å²) in [6.45, 7) is 13.1. The van der Waals surface area contributed by atoms with E-state index in [0.717, 1.165) is 31.4 Å². The predicted molar refractivity (Wildman–Crippen MR) is 141 cm³/mol. The van der Waals surface area contributed by atoms with E-state index in [4.69, 9.17) is 6.57 Å². The summed E-state index contributed by atoms with van der Waals surface area (Å²) in [5.74, 6) is 0.615. The average molecular weight is 454 g/mol. The second kappa shape index (κ2) is 9.00. The summed E-state index contributed by atoms with van der Waals surface area (Å²) >= 11 is 0. The lowest BCUT2D eigenvalue weighted by molar-refractivity contribution is 0.141. The van der Waals surface area contributed by atoms with Gasteiger partial charge in [0, 0.05) is 57.5 Å². The quantitative estimate of drug-likeness (QED) is 0.498. The second-order valence-electron chi connectivity index (χ2n) is 10.4. The van der Waals surface area contributed by atoms with Gasteiger partial charge in [0.1, 0.15) is 0 Å². The molecule has 3 heterocycles. The number of para-hydroxylation sites is 1. The van der Waals surface area contributed by atoms with Crippen LogP contribution in [0.3, 0.4) is 0 Å². The Labute approximate surface area is 203 Å². The second-order valence-corrected chi connectivity index (χ2v) is 10.4. The summed E-state index contributed by atoms with van der Waals surface area (Å²) in [4.78, 5) is 9.03. The third kappa shape index (κ3) is 3.84. The van der Waals surface area contributed by atoms with Gasteiger partial charge in [-0.25, -0.2) is 4.85 Å². The number of fused-ring (bicyclic) bond motifs is 2. The lowest BCUT2D eigenvalue weighted by atomic mass is 9.81. The Morgan fingerprint density at radius 3 is 2.62 bits per heavy atom. The van der Waals surface area contributed by atoms with Crippen LogP contribution in [-0.4, -0.2) is 48.2 Å². The number of hydrogen-bond donors (Lipinski definition) is 1. The number of aromatic nitrogens is 1. The molecule has 1 N–H and O–H groups in total. The molecule has 0 amide bonds. The molecule has 2 aliphatic heterocycles. The summed E-state index contributed by atoms with van der Waals surface area (Å²) in [5.41, 5.74) is 7.74. The molecule has 0 radical (unpaired) electrons. The molecule has 0 unspecified atom stereocenters. The lowest BCUT2D eigenvalue weighted by Crippen LogP contribution is -2.51. The number of rotatable bonds is 3. The highest BCUT2D eigenvalue weighted by Crippen LogP contribution is 2.40. The van der Waals surface area contributed by atoms with Crippen molar-refractivity contribution in [1.29, 1.82) is 0 Å². The van der Waals surface area contributed by atoms with Crippen molar-refractivity contribution in [2.45, 2.75) is 50.5 Å². The van der Waals surface area contributed by atoms with E-state index in [-0.39, 0.29) is 0 Å². The first-order chi connectivity index (χ1) is 16.7. The zero-order valence-electron chi connectivity index (χ0n) is 20.3. The molecule has 0 bridgehead atoms. The van der Waals surface area contributed by atoms with E-state index in [9.17, 15) is 0 Å². The molecule has 34 heavy (non-hydrogen) atoms. The molecule has 3 aromatic rings. The van der Waals surface area contributed by atoms with Gasteiger partial charge in [0.15, 0.2) is 5.69 Å². The van der Waals surface area contributed by atoms with E-state index < -0.39 is 0 Å². The summed E-state index contributed by atoms with van der Waals surface area (Å²) in [5, 5.41) is 4.96. The molecule has 2 fully saturated rings. The normalized spacial score (nSPS) is 23.4. The van der Waals surface area contributed by atoms with Crippen molar-refractivity contribution in [3.8, 4) is 0 Å². The predicted octanol–water partition coefficient (Wildman–Crippen LogP) is 5.94. The molecule has 5 heteroatoms. The van der Waals surface area contributed by atoms with Crippen molar-refractivity contribution in [3.05, 3.63) is 65.1 Å². The van der Waals surface area contributed by atoms with Crippen molar-refractivity contribution in [2.24, 2.45) is 7.05 Å². The van der Waals surface area contributed by atoms with Crippen molar-refractivity contribution in [1.82, 2.24) is 9.47 Å². The van der Waals surface area contributed by atoms with Crippen LogP contribution in [0.15, 0.2) is 42.6 Å². The average Bonchev–Trinajstić information content (AvgIpc) is 3.24. The van der Waals surface area contributed by atoms with E-state index in [1.807, 2.05) is 6.07 Å². The standard InChI is InChI=1S/C29H35N5/c1-30-23-10-13-27-25(19-23)26(20-32(27)2)21-8-11-24(12-9-21)33-15-17-34(18-16-33)28-7-3-5-22-6-4-14-31-29(22)28/h3,5,7,10,13,19-21,24,31H,4,6,8-9,11-12,14-18H2,2H3. The molecule has 3 aliphatic rings. The SMILES string of the molecule is [C-]#[N+]c1ccc2c(c1)c(C1CCC(N3CCN(c4cccc5c4NCCC5)CC3)CC1)cn2C. The van der Waals surface area contributed by atoms with Crippen LogP contribution in [-0.2, 0) is 13.5 Å². The molecular formula is C29H35N5. The van der Waals surface area contributed by atoms with Crippen molar-refractivity contribution in [2.75, 3.05) is 42.9 Å². The Morgan fingerprint density at radius 2 is 1.82 bits per heavy atom. The van der Waals surface area contributed by atoms with E-state index in [0.29, 0.717) is 5.92 Å². The molecule has 0 atom stereocenters. The Balaban J connectivity index is 1.09. The van der Waals surface area contributed by atoms with Crippen LogP contribution in [0.25, 0.3) is 15.7 Å². The van der Waals surface area contributed by atoms with Crippen molar-refractivity contribution >= 4 is 28.0 Å². The highest BCUT2D eigenvalue weighted by molar-refractivity contribution is 5.88. The fourth-order valence-electron chi connectivity index (χ4n) is 6.64. The van der Waals surface area contributed by atoms with Gasteiger partial charge >= 0.3 is 0 Å². The van der Waals surface area contributed by atoms with Crippen LogP contribution in [0.2, 0.25) is 0 Å². The fraction of sp³-hybridized carbons (Fsp3) is 0.483. The summed E-state index contributed by atoms with van der Waals surface area (Å²) in [6.07, 6.45) is 9.83. The zero-order valence-corrected chi connectivity index (χ0v) is 20.3. The van der Waals surface area contributed by atoms with E-state index in [1.54, 1.807) is 0 Å². The summed E-state index contributed by atoms with van der Waals surface area (Å²) in [6, 6.07) is 13.7. The van der Waals surface area contributed by atoms with E-state index >= 15 is 0 Å². The maximum absolute atomic E-state index is 7.40. The molecule has 0 spiro atoms. The minimum absolute atomic E-state index is 0.615. The summed E-state index contributed by atoms with van der Waals surface area (Å²) in [7, 11) is 2.13. The number of piperazine rings is 1. The van der Waals surface area contributed by atoms with Gasteiger partial charge in [0.2, 0.25) is 0 Å². The minimum atomic E-state index is 0.615. The Bertz CT molecular complexity index is 1220. The van der Waals surface area contributed by atoms with Gasteiger partial charge in [-0.2, -0.15) is 0 Å². The molecule has 1 aromatic heterocycles. The highest BCUT2D eigenvalue weighted by atomic mass is 15.3. The van der Waals surface area contributed by atoms with Gasteiger partial charge in [-0.05, 0) is 79.2 Å². The van der Waals surface area contributed by atoms with Crippen molar-refractivity contribution < 1.29 is 0 Å². The minimum Gasteiger partial charge on any atom is -0.383 e. The number of nitrogens with zero attached hydrogens (tertiary/aromatic N) is 4. The van der Waals surface area contributed by atoms with Gasteiger partial charge in [-0.3, -0.25) is 4.90 Å². The number of hydrogen-bond acceptors (Lipinski definition) is 3. The van der Waals surface area contributed by atoms with Gasteiger partial charge in [0.25, 0.3) is 0 Å². The number of benzene rings is 2. The van der Waals surface area contributed by atoms with Gasteiger partial charge in [0.05, 0.1) is 17.9 Å². The van der Waals surface area contributed by atoms with Crippen LogP contribution >= 0.6 is 0 Å². The van der Waals surface area contributed by atoms with Crippen LogP contribution in [0.1, 0.15) is 49.1 Å². The molecule has 2 aromatic carbocycles. The smallest absolute Gasteiger partial charge is 0.187 e. The Kier molecular flexibility index (Phi) is 5.71. The first-order valence-electron chi connectivity index (χ1n) is 13.0. The Hall–Kier alpha value is -2.97. The van der Waals surface area contributed by atoms with Gasteiger partial charge in [-0.15, -0.1) is 0 Å². The lowest BCUT2D eigenvalue weighted by Gasteiger charge is -2.43. The van der Waals surface area contributed by atoms with E-state index in [1.165, 1.54) is 85.0 Å². The third-order valence-corrected chi connectivity index (χ3v) is 8.49. The Morgan fingerprint density at radius 1 is 1.00 bits per heavy atom.